The molecule has 0 aliphatic rings. The third kappa shape index (κ3) is 5.46. The molecule has 1 nitrogen and oxygen atoms in total. The summed E-state index contributed by atoms with van der Waals surface area (Å²) in [6.45, 7) is 5.41. The van der Waals surface area contributed by atoms with Crippen LogP contribution in [0.3, 0.4) is 0 Å². The van der Waals surface area contributed by atoms with E-state index in [1.165, 1.54) is 25.7 Å². The van der Waals surface area contributed by atoms with E-state index in [1.54, 1.807) is 20.8 Å². The van der Waals surface area contributed by atoms with Crippen LogP contribution in [0.1, 0.15) is 39.5 Å². The summed E-state index contributed by atoms with van der Waals surface area (Å²) in [4.78, 5) is 0. The van der Waals surface area contributed by atoms with Crippen molar-refractivity contribution >= 4 is 0 Å². The van der Waals surface area contributed by atoms with E-state index in [2.05, 4.69) is 13.8 Å². The molecule has 0 saturated carbocycles. The third-order valence-electron chi connectivity index (χ3n) is 1.86. The number of hydrogen-bond donors (Lipinski definition) is 0. The van der Waals surface area contributed by atoms with Gasteiger partial charge in [0.05, 0.1) is 0 Å². The zero-order valence-electron chi connectivity index (χ0n) is 7.02. The molecule has 0 saturated heterocycles. The topological polar surface area (TPSA) is 9.23 Å². The second-order valence-corrected chi connectivity index (χ2v) is 3.18. The Balaban J connectivity index is 3.21. The van der Waals surface area contributed by atoms with Crippen LogP contribution in [0.4, 0.5) is 0 Å². The molecule has 0 spiro atoms. The molecule has 1 unspecified atom stereocenters. The van der Waals surface area contributed by atoms with Crippen molar-refractivity contribution in [2.24, 2.45) is 5.92 Å². The zero-order chi connectivity index (χ0) is 7.82. The first-order valence-corrected chi connectivity index (χ1v) is 4.77. The van der Waals surface area contributed by atoms with Crippen molar-refractivity contribution in [2.75, 3.05) is 6.61 Å². The van der Waals surface area contributed by atoms with Gasteiger partial charge in [-0.25, -0.2) is 0 Å². The fraction of sp³-hybridized carbons (Fsp3) is 1.00. The summed E-state index contributed by atoms with van der Waals surface area (Å²) in [6.07, 6.45) is 5.25. The summed E-state index contributed by atoms with van der Waals surface area (Å²) < 4.78 is 5.09. The van der Waals surface area contributed by atoms with Crippen molar-refractivity contribution in [1.29, 1.82) is 0 Å². The van der Waals surface area contributed by atoms with Gasteiger partial charge in [-0.2, -0.15) is 0 Å². The maximum absolute atomic E-state index is 5.09. The summed E-state index contributed by atoms with van der Waals surface area (Å²) in [7, 11) is 0. The molecule has 0 aromatic heterocycles. The Labute approximate surface area is 76.4 Å². The van der Waals surface area contributed by atoms with Crippen LogP contribution in [0.2, 0.25) is 0 Å². The Morgan fingerprint density at radius 2 is 2.10 bits per heavy atom. The standard InChI is InChI=1S/C8H17O.Ti/c1-3-5-6-8(4-2)7-9;/h8H,3-7H2,1-2H3;/q-1;+4. The van der Waals surface area contributed by atoms with E-state index in [4.69, 9.17) is 3.32 Å². The fourth-order valence-electron chi connectivity index (χ4n) is 1.02. The molecular weight excluding hydrogens is 160 g/mol. The van der Waals surface area contributed by atoms with Crippen LogP contribution in [-0.4, -0.2) is 6.61 Å². The second-order valence-electron chi connectivity index (χ2n) is 2.73. The van der Waals surface area contributed by atoms with E-state index in [1.807, 2.05) is 0 Å². The molecule has 0 bridgehead atoms. The average molecular weight is 177 g/mol. The SMILES string of the molecule is CCCCC(CC)C[O][Ti+3]. The average Bonchev–Trinajstić information content (AvgIpc) is 1.98. The van der Waals surface area contributed by atoms with Crippen molar-refractivity contribution in [2.45, 2.75) is 39.5 Å². The van der Waals surface area contributed by atoms with Gasteiger partial charge in [0.2, 0.25) is 0 Å². The third-order valence-corrected chi connectivity index (χ3v) is 2.12. The first-order valence-electron chi connectivity index (χ1n) is 4.13. The van der Waals surface area contributed by atoms with Gasteiger partial charge < -0.3 is 0 Å². The van der Waals surface area contributed by atoms with E-state index >= 15 is 0 Å². The molecule has 0 aliphatic carbocycles. The van der Waals surface area contributed by atoms with E-state index in [-0.39, 0.29) is 0 Å². The van der Waals surface area contributed by atoms with Crippen molar-refractivity contribution in [3.8, 4) is 0 Å². The minimum atomic E-state index is 0.796. The van der Waals surface area contributed by atoms with Gasteiger partial charge >= 0.3 is 76.2 Å². The van der Waals surface area contributed by atoms with Crippen molar-refractivity contribution in [3.05, 3.63) is 0 Å². The molecule has 0 amide bonds. The van der Waals surface area contributed by atoms with Gasteiger partial charge in [0.1, 0.15) is 0 Å². The van der Waals surface area contributed by atoms with Crippen LogP contribution < -0.4 is 0 Å². The predicted molar refractivity (Wildman–Crippen MR) is 39.3 cm³/mol. The molecule has 0 heterocycles. The number of rotatable bonds is 6. The molecule has 2 heteroatoms. The summed E-state index contributed by atoms with van der Waals surface area (Å²) in [5.74, 6) is 0.796. The van der Waals surface area contributed by atoms with Gasteiger partial charge in [-0.05, 0) is 0 Å². The molecule has 1 atom stereocenters. The van der Waals surface area contributed by atoms with Crippen LogP contribution in [0.15, 0.2) is 0 Å². The van der Waals surface area contributed by atoms with Gasteiger partial charge in [0.15, 0.2) is 0 Å². The predicted octanol–water partition coefficient (Wildman–Crippen LogP) is 2.68. The first kappa shape index (κ1) is 10.7. The van der Waals surface area contributed by atoms with Crippen LogP contribution in [0.5, 0.6) is 0 Å². The van der Waals surface area contributed by atoms with Gasteiger partial charge in [-0.15, -0.1) is 0 Å². The van der Waals surface area contributed by atoms with Crippen molar-refractivity contribution in [1.82, 2.24) is 0 Å². The van der Waals surface area contributed by atoms with Crippen molar-refractivity contribution < 1.29 is 24.1 Å². The van der Waals surface area contributed by atoms with Gasteiger partial charge in [0, 0.05) is 0 Å². The molecule has 0 N–H and O–H groups in total. The van der Waals surface area contributed by atoms with Crippen LogP contribution in [0, 0.1) is 5.92 Å². The molecule has 0 fully saturated rings. The Morgan fingerprint density at radius 1 is 1.40 bits per heavy atom. The Hall–Kier alpha value is 0.674. The quantitative estimate of drug-likeness (QED) is 0.566. The Bertz CT molecular complexity index is 66.3. The number of hydrogen-bond acceptors (Lipinski definition) is 1. The van der Waals surface area contributed by atoms with Crippen LogP contribution in [-0.2, 0) is 24.1 Å². The first-order chi connectivity index (χ1) is 4.85. The minimum absolute atomic E-state index is 0.796. The molecule has 0 aromatic carbocycles. The summed E-state index contributed by atoms with van der Waals surface area (Å²) >= 11 is 1.79. The Kier molecular flexibility index (Phi) is 8.30. The second kappa shape index (κ2) is 7.78. The monoisotopic (exact) mass is 177 g/mol. The summed E-state index contributed by atoms with van der Waals surface area (Å²) in [5, 5.41) is 0. The van der Waals surface area contributed by atoms with E-state index in [0.717, 1.165) is 12.5 Å². The number of unbranched alkanes of at least 4 members (excludes halogenated alkanes) is 1. The molecule has 0 radical (unpaired) electrons. The summed E-state index contributed by atoms with van der Waals surface area (Å²) in [6, 6.07) is 0. The van der Waals surface area contributed by atoms with Crippen molar-refractivity contribution in [3.63, 3.8) is 0 Å². The van der Waals surface area contributed by atoms with Gasteiger partial charge in [-0.3, -0.25) is 0 Å². The van der Waals surface area contributed by atoms with E-state index in [9.17, 15) is 0 Å². The molecule has 0 aromatic rings. The molecular formula is C8H17OTi+3. The van der Waals surface area contributed by atoms with Crippen LogP contribution >= 0.6 is 0 Å². The van der Waals surface area contributed by atoms with E-state index in [0.29, 0.717) is 0 Å². The van der Waals surface area contributed by atoms with Gasteiger partial charge in [-0.1, -0.05) is 0 Å². The van der Waals surface area contributed by atoms with Gasteiger partial charge in [0.25, 0.3) is 0 Å². The zero-order valence-corrected chi connectivity index (χ0v) is 8.58. The summed E-state index contributed by atoms with van der Waals surface area (Å²) in [5.41, 5.74) is 0. The fourth-order valence-corrected chi connectivity index (χ4v) is 1.38. The maximum atomic E-state index is 5.09. The molecule has 0 rings (SSSR count). The Morgan fingerprint density at radius 3 is 2.50 bits per heavy atom. The molecule has 0 aliphatic heterocycles. The van der Waals surface area contributed by atoms with E-state index < -0.39 is 0 Å². The molecule has 56 valence electrons. The van der Waals surface area contributed by atoms with Crippen LogP contribution in [0.25, 0.3) is 0 Å². The molecule has 10 heavy (non-hydrogen) atoms. The normalized spacial score (nSPS) is 13.6.